The second-order valence-electron chi connectivity index (χ2n) is 4.08. The molecule has 0 aliphatic carbocycles. The van der Waals surface area contributed by atoms with Gasteiger partial charge in [0.05, 0.1) is 6.10 Å². The first-order chi connectivity index (χ1) is 5.79. The molecule has 2 unspecified atom stereocenters. The van der Waals surface area contributed by atoms with E-state index in [-0.39, 0.29) is 0 Å². The van der Waals surface area contributed by atoms with E-state index in [1.54, 1.807) is 0 Å². The van der Waals surface area contributed by atoms with E-state index in [1.165, 1.54) is 38.8 Å². The Kier molecular flexibility index (Phi) is 2.42. The van der Waals surface area contributed by atoms with Gasteiger partial charge in [-0.15, -0.1) is 0 Å². The fourth-order valence-corrected chi connectivity index (χ4v) is 3.19. The summed E-state index contributed by atoms with van der Waals surface area (Å²) in [6.45, 7) is 4.79. The Morgan fingerprint density at radius 2 is 1.92 bits per heavy atom. The van der Waals surface area contributed by atoms with Gasteiger partial charge in [0.25, 0.3) is 0 Å². The highest BCUT2D eigenvalue weighted by molar-refractivity contribution is 7.09. The molecule has 2 nitrogen and oxygen atoms in total. The van der Waals surface area contributed by atoms with Crippen molar-refractivity contribution >= 4 is 9.47 Å². The van der Waals surface area contributed by atoms with Gasteiger partial charge in [-0.2, -0.15) is 0 Å². The van der Waals surface area contributed by atoms with Crippen LogP contribution in [0.1, 0.15) is 32.6 Å². The summed E-state index contributed by atoms with van der Waals surface area (Å²) in [5.74, 6) is 0. The predicted octanol–water partition coefficient (Wildman–Crippen LogP) is 1.81. The molecule has 0 radical (unpaired) electrons. The average molecular weight is 187 g/mol. The first-order valence-corrected chi connectivity index (χ1v) is 5.37. The number of rotatable bonds is 2. The molecular weight excluding hydrogens is 169 g/mol. The molecule has 2 fully saturated rings. The highest BCUT2D eigenvalue weighted by Crippen LogP contribution is 2.42. The lowest BCUT2D eigenvalue weighted by atomic mass is 9.89. The molecule has 0 aromatic rings. The summed E-state index contributed by atoms with van der Waals surface area (Å²) in [5.41, 5.74) is 0.405. The number of fused-ring (bicyclic) bond motifs is 1. The first-order valence-electron chi connectivity index (χ1n) is 4.90. The normalized spacial score (nSPS) is 30.5. The van der Waals surface area contributed by atoms with Crippen molar-refractivity contribution in [1.82, 2.24) is 4.90 Å². The van der Waals surface area contributed by atoms with Gasteiger partial charge in [-0.05, 0) is 45.7 Å². The molecular formula is C9H18NOP. The minimum atomic E-state index is 0.382. The van der Waals surface area contributed by atoms with Gasteiger partial charge in [0, 0.05) is 15.0 Å². The molecule has 0 saturated carbocycles. The van der Waals surface area contributed by atoms with Crippen LogP contribution in [-0.4, -0.2) is 29.6 Å². The van der Waals surface area contributed by atoms with E-state index in [2.05, 4.69) is 21.3 Å². The average Bonchev–Trinajstić information content (AvgIpc) is 2.60. The summed E-state index contributed by atoms with van der Waals surface area (Å²) >= 11 is 0. The third kappa shape index (κ3) is 1.13. The van der Waals surface area contributed by atoms with Crippen LogP contribution in [0.4, 0.5) is 0 Å². The van der Waals surface area contributed by atoms with Crippen LogP contribution < -0.4 is 0 Å². The zero-order valence-electron chi connectivity index (χ0n) is 7.75. The van der Waals surface area contributed by atoms with Gasteiger partial charge >= 0.3 is 0 Å². The molecule has 3 heteroatoms. The van der Waals surface area contributed by atoms with Gasteiger partial charge in [0.2, 0.25) is 0 Å². The van der Waals surface area contributed by atoms with Crippen LogP contribution in [0.5, 0.6) is 0 Å². The molecule has 0 amide bonds. The second kappa shape index (κ2) is 3.25. The molecule has 2 atom stereocenters. The van der Waals surface area contributed by atoms with Gasteiger partial charge in [-0.25, -0.2) is 0 Å². The first kappa shape index (κ1) is 8.93. The maximum absolute atomic E-state index is 5.41. The van der Waals surface area contributed by atoms with Crippen molar-refractivity contribution in [2.45, 2.75) is 44.2 Å². The Balaban J connectivity index is 2.16. The Hall–Kier alpha value is 0.350. The molecule has 0 aromatic carbocycles. The van der Waals surface area contributed by atoms with Crippen LogP contribution in [0.3, 0.4) is 0 Å². The van der Waals surface area contributed by atoms with E-state index in [1.807, 2.05) is 0 Å². The zero-order valence-corrected chi connectivity index (χ0v) is 8.91. The van der Waals surface area contributed by atoms with Crippen molar-refractivity contribution in [1.29, 1.82) is 0 Å². The van der Waals surface area contributed by atoms with Crippen molar-refractivity contribution in [3.63, 3.8) is 0 Å². The Morgan fingerprint density at radius 3 is 2.42 bits per heavy atom. The molecule has 0 spiro atoms. The topological polar surface area (TPSA) is 12.5 Å². The van der Waals surface area contributed by atoms with Crippen LogP contribution in [0, 0.1) is 0 Å². The van der Waals surface area contributed by atoms with Gasteiger partial charge < -0.3 is 4.52 Å². The van der Waals surface area contributed by atoms with Gasteiger partial charge in [0.1, 0.15) is 0 Å². The zero-order chi connectivity index (χ0) is 8.60. The molecule has 2 rings (SSSR count). The van der Waals surface area contributed by atoms with E-state index in [0.29, 0.717) is 11.6 Å². The van der Waals surface area contributed by atoms with E-state index in [4.69, 9.17) is 4.52 Å². The number of hydrogen-bond acceptors (Lipinski definition) is 2. The molecule has 70 valence electrons. The minimum Gasteiger partial charge on any atom is -0.361 e. The molecule has 12 heavy (non-hydrogen) atoms. The predicted molar refractivity (Wildman–Crippen MR) is 53.0 cm³/mol. The van der Waals surface area contributed by atoms with E-state index >= 15 is 0 Å². The Morgan fingerprint density at radius 1 is 1.33 bits per heavy atom. The third-order valence-corrected chi connectivity index (χ3v) is 4.07. The molecule has 2 saturated heterocycles. The number of hydrogen-bond donors (Lipinski definition) is 0. The number of nitrogens with zero attached hydrogens (tertiary/aromatic N) is 1. The van der Waals surface area contributed by atoms with E-state index in [9.17, 15) is 0 Å². The van der Waals surface area contributed by atoms with Crippen molar-refractivity contribution < 1.29 is 4.52 Å². The summed E-state index contributed by atoms with van der Waals surface area (Å²) in [6.07, 6.45) is 5.77. The van der Waals surface area contributed by atoms with Gasteiger partial charge in [0.15, 0.2) is 0 Å². The van der Waals surface area contributed by atoms with Crippen LogP contribution in [0.2, 0.25) is 0 Å². The molecule has 2 heterocycles. The lowest BCUT2D eigenvalue weighted by molar-refractivity contribution is 0.0598. The molecule has 2 aliphatic heterocycles. The Labute approximate surface area is 76.9 Å². The van der Waals surface area contributed by atoms with Crippen molar-refractivity contribution in [2.75, 3.05) is 13.1 Å². The van der Waals surface area contributed by atoms with Crippen molar-refractivity contribution in [3.8, 4) is 0 Å². The van der Waals surface area contributed by atoms with Crippen molar-refractivity contribution in [2.24, 2.45) is 0 Å². The maximum atomic E-state index is 5.41. The summed E-state index contributed by atoms with van der Waals surface area (Å²) in [4.78, 5) is 2.63. The monoisotopic (exact) mass is 187 g/mol. The van der Waals surface area contributed by atoms with Crippen LogP contribution in [0.15, 0.2) is 0 Å². The largest absolute Gasteiger partial charge is 0.361 e. The SMILES string of the molecule is CC(OP)C12CCCN1CCC2. The van der Waals surface area contributed by atoms with Crippen LogP contribution >= 0.6 is 9.47 Å². The second-order valence-corrected chi connectivity index (χ2v) is 4.35. The standard InChI is InChI=1S/C9H18NOP/c1-8(11-12)9-4-2-6-10(9)7-3-5-9/h8H,2-7,12H2,1H3. The van der Waals surface area contributed by atoms with Gasteiger partial charge in [-0.3, -0.25) is 4.90 Å². The van der Waals surface area contributed by atoms with Crippen LogP contribution in [-0.2, 0) is 4.52 Å². The highest BCUT2D eigenvalue weighted by atomic mass is 31.0. The van der Waals surface area contributed by atoms with Crippen LogP contribution in [0.25, 0.3) is 0 Å². The summed E-state index contributed by atoms with van der Waals surface area (Å²) in [6, 6.07) is 0. The lowest BCUT2D eigenvalue weighted by Crippen LogP contribution is -2.47. The summed E-state index contributed by atoms with van der Waals surface area (Å²) < 4.78 is 5.41. The minimum absolute atomic E-state index is 0.382. The fourth-order valence-electron chi connectivity index (χ4n) is 2.94. The lowest BCUT2D eigenvalue weighted by Gasteiger charge is -2.36. The third-order valence-electron chi connectivity index (χ3n) is 3.67. The smallest absolute Gasteiger partial charge is 0.0766 e. The van der Waals surface area contributed by atoms with E-state index in [0.717, 1.165) is 0 Å². The fraction of sp³-hybridized carbons (Fsp3) is 1.00. The molecule has 2 aliphatic rings. The molecule has 0 N–H and O–H groups in total. The molecule has 0 bridgehead atoms. The summed E-state index contributed by atoms with van der Waals surface area (Å²) in [5, 5.41) is 0. The van der Waals surface area contributed by atoms with Gasteiger partial charge in [-0.1, -0.05) is 0 Å². The maximum Gasteiger partial charge on any atom is 0.0766 e. The molecule has 0 aromatic heterocycles. The quantitative estimate of drug-likeness (QED) is 0.611. The summed E-state index contributed by atoms with van der Waals surface area (Å²) in [7, 11) is 2.41. The highest BCUT2D eigenvalue weighted by Gasteiger charge is 2.48. The van der Waals surface area contributed by atoms with Crippen molar-refractivity contribution in [3.05, 3.63) is 0 Å². The Bertz CT molecular complexity index is 164. The van der Waals surface area contributed by atoms with E-state index < -0.39 is 0 Å².